The lowest BCUT2D eigenvalue weighted by Crippen LogP contribution is -1.87. The molecule has 0 aliphatic rings. The molecule has 5 heteroatoms. The standard InChI is InChI=1S/C17H13IN4/c1-21-9-8-15(20-21)12-2-4-13(5-3-12)16-11-22-10-14(18)6-7-17(22)19-16/h2-11H,1H3/i1-1. The molecule has 3 aromatic heterocycles. The van der Waals surface area contributed by atoms with Crippen molar-refractivity contribution in [2.75, 3.05) is 0 Å². The Morgan fingerprint density at radius 3 is 2.27 bits per heavy atom. The highest BCUT2D eigenvalue weighted by molar-refractivity contribution is 14.1. The average Bonchev–Trinajstić information content (AvgIpc) is 3.13. The van der Waals surface area contributed by atoms with E-state index in [0.717, 1.165) is 28.2 Å². The molecule has 0 atom stereocenters. The number of imidazole rings is 1. The molecule has 0 radical (unpaired) electrons. The lowest BCUT2D eigenvalue weighted by molar-refractivity contribution is 0.771. The molecular formula is C17H13IN4. The van der Waals surface area contributed by atoms with Crippen LogP contribution in [0.15, 0.2) is 61.1 Å². The van der Waals surface area contributed by atoms with Crippen molar-refractivity contribution in [3.05, 3.63) is 64.6 Å². The molecule has 0 aliphatic carbocycles. The highest BCUT2D eigenvalue weighted by atomic mass is 127. The van der Waals surface area contributed by atoms with E-state index in [1.807, 2.05) is 30.1 Å². The summed E-state index contributed by atoms with van der Waals surface area (Å²) in [6.07, 6.45) is 6.09. The van der Waals surface area contributed by atoms with Gasteiger partial charge < -0.3 is 4.40 Å². The number of hydrogen-bond donors (Lipinski definition) is 0. The van der Waals surface area contributed by atoms with Crippen LogP contribution >= 0.6 is 22.6 Å². The minimum atomic E-state index is 0.962. The molecule has 0 unspecified atom stereocenters. The van der Waals surface area contributed by atoms with E-state index in [9.17, 15) is 0 Å². The molecule has 22 heavy (non-hydrogen) atoms. The Labute approximate surface area is 141 Å². The average molecular weight is 399 g/mol. The fourth-order valence-corrected chi connectivity index (χ4v) is 2.96. The van der Waals surface area contributed by atoms with Gasteiger partial charge in [-0.3, -0.25) is 4.68 Å². The monoisotopic (exact) mass is 399 g/mol. The van der Waals surface area contributed by atoms with Crippen LogP contribution < -0.4 is 0 Å². The van der Waals surface area contributed by atoms with Crippen molar-refractivity contribution >= 4 is 28.2 Å². The predicted molar refractivity (Wildman–Crippen MR) is 95.5 cm³/mol. The van der Waals surface area contributed by atoms with E-state index in [1.165, 1.54) is 3.57 Å². The lowest BCUT2D eigenvalue weighted by Gasteiger charge is -1.99. The fourth-order valence-electron chi connectivity index (χ4n) is 2.48. The number of fused-ring (bicyclic) bond motifs is 1. The Bertz CT molecular complexity index is 950. The van der Waals surface area contributed by atoms with Crippen LogP contribution in [0.5, 0.6) is 0 Å². The lowest BCUT2D eigenvalue weighted by atomic mass is 10.1. The van der Waals surface area contributed by atoms with Crippen LogP contribution in [0, 0.1) is 3.57 Å². The van der Waals surface area contributed by atoms with Gasteiger partial charge in [-0.1, -0.05) is 24.3 Å². The van der Waals surface area contributed by atoms with Gasteiger partial charge in [0.05, 0.1) is 11.4 Å². The van der Waals surface area contributed by atoms with Gasteiger partial charge in [-0.05, 0) is 40.8 Å². The third kappa shape index (κ3) is 2.41. The van der Waals surface area contributed by atoms with E-state index >= 15 is 0 Å². The van der Waals surface area contributed by atoms with E-state index in [0.29, 0.717) is 0 Å². The second-order valence-corrected chi connectivity index (χ2v) is 6.44. The molecule has 108 valence electrons. The molecule has 0 fully saturated rings. The van der Waals surface area contributed by atoms with Crippen molar-refractivity contribution in [3.8, 4) is 22.5 Å². The van der Waals surface area contributed by atoms with Crippen LogP contribution in [0.4, 0.5) is 0 Å². The van der Waals surface area contributed by atoms with Gasteiger partial charge in [0, 0.05) is 40.3 Å². The topological polar surface area (TPSA) is 35.1 Å². The number of halogens is 1. The van der Waals surface area contributed by atoms with Crippen molar-refractivity contribution in [2.45, 2.75) is 0 Å². The summed E-state index contributed by atoms with van der Waals surface area (Å²) in [7, 11) is 1.93. The molecule has 0 bridgehead atoms. The summed E-state index contributed by atoms with van der Waals surface area (Å²) in [5, 5.41) is 4.42. The molecule has 0 saturated heterocycles. The molecule has 0 aliphatic heterocycles. The van der Waals surface area contributed by atoms with Gasteiger partial charge in [-0.15, -0.1) is 0 Å². The number of hydrogen-bond acceptors (Lipinski definition) is 2. The van der Waals surface area contributed by atoms with Crippen LogP contribution in [0.1, 0.15) is 0 Å². The van der Waals surface area contributed by atoms with Gasteiger partial charge in [0.15, 0.2) is 0 Å². The van der Waals surface area contributed by atoms with Crippen molar-refractivity contribution in [1.82, 2.24) is 19.2 Å². The second kappa shape index (κ2) is 5.24. The summed E-state index contributed by atoms with van der Waals surface area (Å²) >= 11 is 2.31. The van der Waals surface area contributed by atoms with Crippen LogP contribution in [0.2, 0.25) is 0 Å². The van der Waals surface area contributed by atoms with Crippen LogP contribution in [-0.2, 0) is 7.05 Å². The van der Waals surface area contributed by atoms with Gasteiger partial charge in [0.2, 0.25) is 0 Å². The zero-order valence-corrected chi connectivity index (χ0v) is 14.1. The number of nitrogens with zero attached hydrogens (tertiary/aromatic N) is 4. The first-order valence-corrected chi connectivity index (χ1v) is 8.02. The van der Waals surface area contributed by atoms with Gasteiger partial charge >= 0.3 is 0 Å². The molecule has 0 N–H and O–H groups in total. The first-order chi connectivity index (χ1) is 10.7. The SMILES string of the molecule is [11CH3]n1ccc(-c2ccc(-c3cn4cc(I)ccc4n3)cc2)n1. The number of benzene rings is 1. The fraction of sp³-hybridized carbons (Fsp3) is 0.0588. The maximum atomic E-state index is 4.67. The molecule has 0 saturated carbocycles. The van der Waals surface area contributed by atoms with E-state index in [4.69, 9.17) is 0 Å². The number of aryl methyl sites for hydroxylation is 1. The molecule has 0 spiro atoms. The quantitative estimate of drug-likeness (QED) is 0.478. The molecule has 4 rings (SSSR count). The van der Waals surface area contributed by atoms with Crippen molar-refractivity contribution in [3.63, 3.8) is 0 Å². The Morgan fingerprint density at radius 1 is 0.864 bits per heavy atom. The molecule has 1 aromatic carbocycles. The van der Waals surface area contributed by atoms with Crippen molar-refractivity contribution in [1.29, 1.82) is 0 Å². The van der Waals surface area contributed by atoms with Crippen molar-refractivity contribution < 1.29 is 0 Å². The largest absolute Gasteiger partial charge is 0.305 e. The zero-order valence-electron chi connectivity index (χ0n) is 11.9. The Balaban J connectivity index is 1.72. The zero-order chi connectivity index (χ0) is 15.1. The summed E-state index contributed by atoms with van der Waals surface area (Å²) < 4.78 is 5.07. The maximum absolute atomic E-state index is 4.67. The smallest absolute Gasteiger partial charge is 0.137 e. The molecular weight excluding hydrogens is 386 g/mol. The summed E-state index contributed by atoms with van der Waals surface area (Å²) in [6.45, 7) is 0. The maximum Gasteiger partial charge on any atom is 0.137 e. The Hall–Kier alpha value is -2.15. The van der Waals surface area contributed by atoms with Gasteiger partial charge in [-0.2, -0.15) is 5.10 Å². The highest BCUT2D eigenvalue weighted by Gasteiger charge is 2.06. The second-order valence-electron chi connectivity index (χ2n) is 5.19. The number of pyridine rings is 1. The van der Waals surface area contributed by atoms with E-state index in [2.05, 4.69) is 79.8 Å². The third-order valence-electron chi connectivity index (χ3n) is 3.60. The minimum Gasteiger partial charge on any atom is -0.305 e. The van der Waals surface area contributed by atoms with Gasteiger partial charge in [-0.25, -0.2) is 4.98 Å². The van der Waals surface area contributed by atoms with Crippen molar-refractivity contribution in [2.24, 2.45) is 7.05 Å². The van der Waals surface area contributed by atoms with Gasteiger partial charge in [0.1, 0.15) is 5.65 Å². The van der Waals surface area contributed by atoms with Crippen LogP contribution in [0.3, 0.4) is 0 Å². The van der Waals surface area contributed by atoms with Gasteiger partial charge in [0.25, 0.3) is 0 Å². The molecule has 4 nitrogen and oxygen atoms in total. The Kier molecular flexibility index (Phi) is 3.22. The predicted octanol–water partition coefficient (Wildman–Crippen LogP) is 4.01. The highest BCUT2D eigenvalue weighted by Crippen LogP contribution is 2.24. The number of rotatable bonds is 2. The van der Waals surface area contributed by atoms with Crippen LogP contribution in [-0.4, -0.2) is 19.2 Å². The number of aromatic nitrogens is 4. The van der Waals surface area contributed by atoms with Crippen LogP contribution in [0.25, 0.3) is 28.2 Å². The minimum absolute atomic E-state index is 0.962. The first kappa shape index (κ1) is 13.5. The normalized spacial score (nSPS) is 11.2. The molecule has 3 heterocycles. The summed E-state index contributed by atoms with van der Waals surface area (Å²) in [4.78, 5) is 4.67. The summed E-state index contributed by atoms with van der Waals surface area (Å²) in [6, 6.07) is 14.5. The Morgan fingerprint density at radius 2 is 1.59 bits per heavy atom. The van der Waals surface area contributed by atoms with E-state index < -0.39 is 0 Å². The molecule has 0 amide bonds. The van der Waals surface area contributed by atoms with E-state index in [1.54, 1.807) is 0 Å². The third-order valence-corrected chi connectivity index (χ3v) is 4.24. The summed E-state index contributed by atoms with van der Waals surface area (Å²) in [5.74, 6) is 0. The first-order valence-electron chi connectivity index (χ1n) is 6.94. The summed E-state index contributed by atoms with van der Waals surface area (Å²) in [5.41, 5.74) is 5.15. The molecule has 4 aromatic rings. The van der Waals surface area contributed by atoms with E-state index in [-0.39, 0.29) is 0 Å².